The van der Waals surface area contributed by atoms with Crippen molar-refractivity contribution in [3.8, 4) is 0 Å². The van der Waals surface area contributed by atoms with E-state index in [0.717, 1.165) is 0 Å². The Labute approximate surface area is 100.0 Å². The molecule has 0 bridgehead atoms. The smallest absolute Gasteiger partial charge is 0.288 e. The molecule has 17 heavy (non-hydrogen) atoms. The van der Waals surface area contributed by atoms with Gasteiger partial charge in [0.05, 0.1) is 4.92 Å². The van der Waals surface area contributed by atoms with Crippen LogP contribution in [0.3, 0.4) is 0 Å². The van der Waals surface area contributed by atoms with E-state index >= 15 is 0 Å². The highest BCUT2D eigenvalue weighted by Gasteiger charge is 2.13. The number of rotatable bonds is 5. The summed E-state index contributed by atoms with van der Waals surface area (Å²) in [5.74, 6) is -1.33. The molecule has 0 unspecified atom stereocenters. The van der Waals surface area contributed by atoms with Crippen molar-refractivity contribution in [2.75, 3.05) is 0 Å². The van der Waals surface area contributed by atoms with Gasteiger partial charge < -0.3 is 0 Å². The Bertz CT molecular complexity index is 443. The summed E-state index contributed by atoms with van der Waals surface area (Å²) >= 11 is 4.80. The quantitative estimate of drug-likeness (QED) is 0.260. The predicted molar refractivity (Wildman–Crippen MR) is 54.8 cm³/mol. The molecule has 0 saturated carbocycles. The van der Waals surface area contributed by atoms with Crippen molar-refractivity contribution < 1.29 is 24.3 Å². The predicted octanol–water partition coefficient (Wildman–Crippen LogP) is 1.33. The number of hydrogen-bond acceptors (Lipinski definition) is 6. The van der Waals surface area contributed by atoms with Crippen LogP contribution < -0.4 is 0 Å². The molecule has 7 nitrogen and oxygen atoms in total. The van der Waals surface area contributed by atoms with Gasteiger partial charge in [-0.1, -0.05) is 0 Å². The molecule has 1 rings (SSSR count). The molecule has 1 aromatic rings. The number of nitrogens with zero attached hydrogens (tertiary/aromatic N) is 1. The number of nitro benzene ring substituents is 1. The third-order valence-corrected chi connectivity index (χ3v) is 1.82. The van der Waals surface area contributed by atoms with Crippen LogP contribution in [0.15, 0.2) is 24.3 Å². The van der Waals surface area contributed by atoms with Gasteiger partial charge in [-0.2, -0.15) is 4.89 Å². The fourth-order valence-electron chi connectivity index (χ4n) is 0.898. The monoisotopic (exact) mass is 259 g/mol. The summed E-state index contributed by atoms with van der Waals surface area (Å²) in [6, 6.07) is 5.39. The molecule has 0 atom stereocenters. The SMILES string of the molecule is O=C(Cl)C(=O)OOCc1ccc([N+](=O)[O-])cc1. The Morgan fingerprint density at radius 3 is 2.35 bits per heavy atom. The maximum atomic E-state index is 10.6. The summed E-state index contributed by atoms with van der Waals surface area (Å²) in [5, 5.41) is 9.05. The van der Waals surface area contributed by atoms with Crippen molar-refractivity contribution in [2.24, 2.45) is 0 Å². The first kappa shape index (κ1) is 13.1. The fourth-order valence-corrected chi connectivity index (χ4v) is 0.929. The molecule has 0 aliphatic carbocycles. The number of carbonyl (C=O) groups is 2. The first-order chi connectivity index (χ1) is 8.00. The van der Waals surface area contributed by atoms with E-state index in [1.54, 1.807) is 0 Å². The van der Waals surface area contributed by atoms with Gasteiger partial charge in [-0.05, 0) is 29.3 Å². The van der Waals surface area contributed by atoms with Crippen LogP contribution in [0.2, 0.25) is 0 Å². The summed E-state index contributed by atoms with van der Waals surface area (Å²) in [6.07, 6.45) is 0. The van der Waals surface area contributed by atoms with Crippen molar-refractivity contribution in [1.82, 2.24) is 0 Å². The van der Waals surface area contributed by atoms with E-state index in [1.807, 2.05) is 0 Å². The number of carbonyl (C=O) groups excluding carboxylic acids is 2. The first-order valence-corrected chi connectivity index (χ1v) is 4.65. The number of halogens is 1. The van der Waals surface area contributed by atoms with Gasteiger partial charge in [0.25, 0.3) is 5.69 Å². The van der Waals surface area contributed by atoms with Gasteiger partial charge in [0, 0.05) is 12.1 Å². The van der Waals surface area contributed by atoms with Gasteiger partial charge in [0.2, 0.25) is 0 Å². The van der Waals surface area contributed by atoms with Crippen molar-refractivity contribution in [3.05, 3.63) is 39.9 Å². The average Bonchev–Trinajstić information content (AvgIpc) is 2.29. The van der Waals surface area contributed by atoms with E-state index in [0.29, 0.717) is 5.56 Å². The number of benzene rings is 1. The highest BCUT2D eigenvalue weighted by Crippen LogP contribution is 2.12. The second-order valence-electron chi connectivity index (χ2n) is 2.83. The standard InChI is InChI=1S/C9H6ClNO6/c10-8(12)9(13)17-16-5-6-1-3-7(4-2-6)11(14)15/h1-4H,5H2. The Morgan fingerprint density at radius 2 is 1.88 bits per heavy atom. The minimum absolute atomic E-state index is 0.0679. The molecule has 0 amide bonds. The molecule has 0 aromatic heterocycles. The van der Waals surface area contributed by atoms with Crippen LogP contribution in [0.25, 0.3) is 0 Å². The zero-order valence-electron chi connectivity index (χ0n) is 8.29. The van der Waals surface area contributed by atoms with E-state index in [9.17, 15) is 19.7 Å². The molecule has 0 spiro atoms. The third kappa shape index (κ3) is 4.17. The summed E-state index contributed by atoms with van der Waals surface area (Å²) in [7, 11) is 0. The highest BCUT2D eigenvalue weighted by atomic mass is 35.5. The van der Waals surface area contributed by atoms with Gasteiger partial charge in [0.15, 0.2) is 0 Å². The van der Waals surface area contributed by atoms with Crippen molar-refractivity contribution in [3.63, 3.8) is 0 Å². The second kappa shape index (κ2) is 5.92. The molecule has 0 fully saturated rings. The van der Waals surface area contributed by atoms with E-state index in [1.165, 1.54) is 24.3 Å². The number of hydrogen-bond donors (Lipinski definition) is 0. The zero-order valence-corrected chi connectivity index (χ0v) is 9.05. The van der Waals surface area contributed by atoms with E-state index in [4.69, 9.17) is 11.6 Å². The fraction of sp³-hybridized carbons (Fsp3) is 0.111. The molecule has 90 valence electrons. The van der Waals surface area contributed by atoms with Gasteiger partial charge >= 0.3 is 11.2 Å². The highest BCUT2D eigenvalue weighted by molar-refractivity contribution is 6.80. The molecule has 0 heterocycles. The Balaban J connectivity index is 2.45. The molecule has 0 aliphatic heterocycles. The molecule has 0 N–H and O–H groups in total. The summed E-state index contributed by atoms with van der Waals surface area (Å²) in [6.45, 7) is -0.145. The Hall–Kier alpha value is -1.99. The normalized spacial score (nSPS) is 9.71. The molecule has 0 aliphatic rings. The summed E-state index contributed by atoms with van der Waals surface area (Å²) in [5.41, 5.74) is 0.465. The van der Waals surface area contributed by atoms with Crippen LogP contribution in [0.1, 0.15) is 5.56 Å². The number of nitro groups is 1. The Kier molecular flexibility index (Phi) is 4.56. The lowest BCUT2D eigenvalue weighted by atomic mass is 10.2. The maximum Gasteiger partial charge on any atom is 0.424 e. The van der Waals surface area contributed by atoms with Crippen LogP contribution in [0.4, 0.5) is 5.69 Å². The van der Waals surface area contributed by atoms with Gasteiger partial charge in [-0.3, -0.25) is 19.8 Å². The van der Waals surface area contributed by atoms with E-state index < -0.39 is 16.1 Å². The van der Waals surface area contributed by atoms with Gasteiger partial charge in [-0.25, -0.2) is 4.79 Å². The van der Waals surface area contributed by atoms with Crippen LogP contribution in [0.5, 0.6) is 0 Å². The average molecular weight is 260 g/mol. The van der Waals surface area contributed by atoms with Crippen LogP contribution in [-0.4, -0.2) is 16.1 Å². The molecule has 0 saturated heterocycles. The van der Waals surface area contributed by atoms with Gasteiger partial charge in [-0.15, -0.1) is 0 Å². The molecule has 8 heteroatoms. The Morgan fingerprint density at radius 1 is 1.29 bits per heavy atom. The minimum Gasteiger partial charge on any atom is -0.288 e. The number of non-ortho nitro benzene ring substituents is 1. The van der Waals surface area contributed by atoms with Crippen LogP contribution >= 0.6 is 11.6 Å². The molecule has 1 aromatic carbocycles. The lowest BCUT2D eigenvalue weighted by molar-refractivity contribution is -0.384. The minimum atomic E-state index is -1.33. The van der Waals surface area contributed by atoms with Crippen molar-refractivity contribution in [1.29, 1.82) is 0 Å². The van der Waals surface area contributed by atoms with Crippen LogP contribution in [-0.2, 0) is 26.0 Å². The van der Waals surface area contributed by atoms with Gasteiger partial charge in [0.1, 0.15) is 6.61 Å². The lowest BCUT2D eigenvalue weighted by Gasteiger charge is -2.01. The maximum absolute atomic E-state index is 10.6. The van der Waals surface area contributed by atoms with E-state index in [2.05, 4.69) is 9.78 Å². The van der Waals surface area contributed by atoms with E-state index in [-0.39, 0.29) is 12.3 Å². The molecular formula is C9H6ClNO6. The first-order valence-electron chi connectivity index (χ1n) is 4.27. The van der Waals surface area contributed by atoms with Crippen molar-refractivity contribution >= 4 is 28.5 Å². The summed E-state index contributed by atoms with van der Waals surface area (Å²) in [4.78, 5) is 39.0. The largest absolute Gasteiger partial charge is 0.424 e. The topological polar surface area (TPSA) is 95.7 Å². The molecule has 0 radical (unpaired) electrons. The van der Waals surface area contributed by atoms with Crippen LogP contribution in [0, 0.1) is 10.1 Å². The van der Waals surface area contributed by atoms with Crippen molar-refractivity contribution in [2.45, 2.75) is 6.61 Å². The second-order valence-corrected chi connectivity index (χ2v) is 3.17. The summed E-state index contributed by atoms with van der Waals surface area (Å²) < 4.78 is 0. The lowest BCUT2D eigenvalue weighted by Crippen LogP contribution is -2.12. The molecular weight excluding hydrogens is 254 g/mol. The zero-order chi connectivity index (χ0) is 12.8. The third-order valence-electron chi connectivity index (χ3n) is 1.67.